The monoisotopic (exact) mass is 370 g/mol. The minimum Gasteiger partial charge on any atom is -0.505 e. The lowest BCUT2D eigenvalue weighted by Crippen LogP contribution is -2.06. The second kappa shape index (κ2) is 8.12. The molecule has 2 rings (SSSR count). The lowest BCUT2D eigenvalue weighted by Gasteiger charge is -2.21. The van der Waals surface area contributed by atoms with Gasteiger partial charge in [-0.2, -0.15) is 0 Å². The number of rotatable bonds is 6. The van der Waals surface area contributed by atoms with E-state index in [1.807, 2.05) is 13.8 Å². The Hall–Kier alpha value is -2.36. The van der Waals surface area contributed by atoms with Gasteiger partial charge in [0.1, 0.15) is 11.5 Å². The molecule has 0 saturated heterocycles. The zero-order chi connectivity index (χ0) is 20.5. The molecule has 2 unspecified atom stereocenters. The SMILES string of the molecule is CCC(C)c1cc(Cc2cc(C(C)CC)c(O)c(N)c2C)c(C)c(N)c1O. The van der Waals surface area contributed by atoms with Crippen LogP contribution >= 0.6 is 0 Å². The third kappa shape index (κ3) is 3.85. The van der Waals surface area contributed by atoms with E-state index in [0.29, 0.717) is 17.8 Å². The average molecular weight is 371 g/mol. The van der Waals surface area contributed by atoms with Gasteiger partial charge in [-0.1, -0.05) is 39.8 Å². The highest BCUT2D eigenvalue weighted by Gasteiger charge is 2.20. The lowest BCUT2D eigenvalue weighted by molar-refractivity contribution is 0.464. The molecule has 2 aromatic carbocycles. The summed E-state index contributed by atoms with van der Waals surface area (Å²) in [7, 11) is 0. The molecule has 0 aliphatic rings. The molecule has 0 aliphatic heterocycles. The van der Waals surface area contributed by atoms with Crippen molar-refractivity contribution < 1.29 is 10.2 Å². The maximum Gasteiger partial charge on any atom is 0.142 e. The first-order chi connectivity index (χ1) is 12.6. The first-order valence-electron chi connectivity index (χ1n) is 9.85. The number of anilines is 2. The van der Waals surface area contributed by atoms with Crippen molar-refractivity contribution in [3.8, 4) is 11.5 Å². The smallest absolute Gasteiger partial charge is 0.142 e. The molecule has 6 N–H and O–H groups in total. The Kier molecular flexibility index (Phi) is 6.30. The summed E-state index contributed by atoms with van der Waals surface area (Å²) < 4.78 is 0. The van der Waals surface area contributed by atoms with Crippen molar-refractivity contribution >= 4 is 11.4 Å². The summed E-state index contributed by atoms with van der Waals surface area (Å²) in [6.07, 6.45) is 2.52. The van der Waals surface area contributed by atoms with Gasteiger partial charge in [-0.05, 0) is 78.3 Å². The Morgan fingerprint density at radius 2 is 1.11 bits per heavy atom. The summed E-state index contributed by atoms with van der Waals surface area (Å²) in [4.78, 5) is 0. The van der Waals surface area contributed by atoms with E-state index >= 15 is 0 Å². The molecule has 4 nitrogen and oxygen atoms in total. The summed E-state index contributed by atoms with van der Waals surface area (Å²) in [5, 5.41) is 21.0. The van der Waals surface area contributed by atoms with Crippen LogP contribution in [0.5, 0.6) is 11.5 Å². The van der Waals surface area contributed by atoms with E-state index in [1.165, 1.54) is 0 Å². The Balaban J connectivity index is 2.60. The normalized spacial score (nSPS) is 13.6. The van der Waals surface area contributed by atoms with Crippen LogP contribution in [0.3, 0.4) is 0 Å². The zero-order valence-corrected chi connectivity index (χ0v) is 17.5. The molecule has 27 heavy (non-hydrogen) atoms. The van der Waals surface area contributed by atoms with E-state index < -0.39 is 0 Å². The van der Waals surface area contributed by atoms with Gasteiger partial charge in [-0.25, -0.2) is 0 Å². The van der Waals surface area contributed by atoms with Crippen molar-refractivity contribution in [2.24, 2.45) is 0 Å². The van der Waals surface area contributed by atoms with Crippen LogP contribution in [-0.2, 0) is 6.42 Å². The van der Waals surface area contributed by atoms with Crippen LogP contribution in [0, 0.1) is 13.8 Å². The van der Waals surface area contributed by atoms with Crippen LogP contribution < -0.4 is 11.5 Å². The molecular formula is C23H34N2O2. The Morgan fingerprint density at radius 1 is 0.778 bits per heavy atom. The average Bonchev–Trinajstić information content (AvgIpc) is 2.67. The summed E-state index contributed by atoms with van der Waals surface area (Å²) in [5.41, 5.74) is 19.1. The van der Waals surface area contributed by atoms with E-state index in [2.05, 4.69) is 39.8 Å². The van der Waals surface area contributed by atoms with Crippen LogP contribution in [0.1, 0.15) is 85.8 Å². The molecule has 2 aromatic rings. The second-order valence-corrected chi connectivity index (χ2v) is 7.82. The first kappa shape index (κ1) is 20.9. The van der Waals surface area contributed by atoms with Crippen LogP contribution in [0.15, 0.2) is 12.1 Å². The summed E-state index contributed by atoms with van der Waals surface area (Å²) in [6.45, 7) is 12.3. The summed E-state index contributed by atoms with van der Waals surface area (Å²) in [5.74, 6) is 0.863. The number of nitrogen functional groups attached to an aromatic ring is 2. The number of benzene rings is 2. The molecule has 0 fully saturated rings. The van der Waals surface area contributed by atoms with Crippen molar-refractivity contribution in [2.45, 2.75) is 72.6 Å². The Bertz CT molecular complexity index is 774. The van der Waals surface area contributed by atoms with Crippen molar-refractivity contribution in [3.63, 3.8) is 0 Å². The molecule has 0 heterocycles. The summed E-state index contributed by atoms with van der Waals surface area (Å²) >= 11 is 0. The number of hydrogen-bond donors (Lipinski definition) is 4. The van der Waals surface area contributed by atoms with Gasteiger partial charge in [-0.3, -0.25) is 0 Å². The van der Waals surface area contributed by atoms with Gasteiger partial charge in [0.2, 0.25) is 0 Å². The standard InChI is InChI=1S/C23H34N2O2/c1-7-12(3)18-10-16(14(5)20(24)22(18)26)9-17-11-19(13(4)8-2)23(27)21(25)15(17)6/h10-13,26-27H,7-9,24-25H2,1-6H3. The third-order valence-electron chi connectivity index (χ3n) is 6.16. The molecular weight excluding hydrogens is 336 g/mol. The van der Waals surface area contributed by atoms with Gasteiger partial charge in [0.15, 0.2) is 0 Å². The number of phenols is 2. The molecule has 0 amide bonds. The third-order valence-corrected chi connectivity index (χ3v) is 6.16. The highest BCUT2D eigenvalue weighted by molar-refractivity contribution is 5.67. The van der Waals surface area contributed by atoms with Gasteiger partial charge in [0.05, 0.1) is 11.4 Å². The number of hydrogen-bond acceptors (Lipinski definition) is 4. The molecule has 0 aliphatic carbocycles. The Labute approximate surface area is 163 Å². The molecule has 0 radical (unpaired) electrons. The summed E-state index contributed by atoms with van der Waals surface area (Å²) in [6, 6.07) is 4.14. The predicted octanol–water partition coefficient (Wildman–Crippen LogP) is 5.50. The molecule has 2 atom stereocenters. The number of aromatic hydroxyl groups is 2. The highest BCUT2D eigenvalue weighted by atomic mass is 16.3. The van der Waals surface area contributed by atoms with E-state index in [0.717, 1.165) is 46.2 Å². The van der Waals surface area contributed by atoms with Gasteiger partial charge >= 0.3 is 0 Å². The van der Waals surface area contributed by atoms with Crippen molar-refractivity contribution in [3.05, 3.63) is 45.5 Å². The van der Waals surface area contributed by atoms with Crippen LogP contribution in [-0.4, -0.2) is 10.2 Å². The Morgan fingerprint density at radius 3 is 1.41 bits per heavy atom. The predicted molar refractivity (Wildman–Crippen MR) is 115 cm³/mol. The first-order valence-corrected chi connectivity index (χ1v) is 9.85. The van der Waals surface area contributed by atoms with E-state index in [4.69, 9.17) is 11.5 Å². The van der Waals surface area contributed by atoms with E-state index in [-0.39, 0.29) is 23.3 Å². The van der Waals surface area contributed by atoms with Gasteiger partial charge in [0, 0.05) is 0 Å². The highest BCUT2D eigenvalue weighted by Crippen LogP contribution is 2.40. The lowest BCUT2D eigenvalue weighted by atomic mass is 9.87. The quantitative estimate of drug-likeness (QED) is 0.399. The van der Waals surface area contributed by atoms with E-state index in [1.54, 1.807) is 0 Å². The zero-order valence-electron chi connectivity index (χ0n) is 17.5. The molecule has 0 aromatic heterocycles. The minimum absolute atomic E-state index is 0.202. The maximum absolute atomic E-state index is 10.5. The molecule has 4 heteroatoms. The van der Waals surface area contributed by atoms with Gasteiger partial charge in [0.25, 0.3) is 0 Å². The molecule has 0 spiro atoms. The fourth-order valence-electron chi connectivity index (χ4n) is 3.50. The van der Waals surface area contributed by atoms with Crippen molar-refractivity contribution in [2.75, 3.05) is 11.5 Å². The number of nitrogens with two attached hydrogens (primary N) is 2. The largest absolute Gasteiger partial charge is 0.505 e. The molecule has 148 valence electrons. The van der Waals surface area contributed by atoms with E-state index in [9.17, 15) is 10.2 Å². The van der Waals surface area contributed by atoms with Crippen LogP contribution in [0.4, 0.5) is 11.4 Å². The topological polar surface area (TPSA) is 92.5 Å². The number of phenolic OH excluding ortho intramolecular Hbond substituents is 2. The molecule has 0 saturated carbocycles. The van der Waals surface area contributed by atoms with Gasteiger partial charge < -0.3 is 21.7 Å². The fourth-order valence-corrected chi connectivity index (χ4v) is 3.50. The molecule has 0 bridgehead atoms. The van der Waals surface area contributed by atoms with Crippen molar-refractivity contribution in [1.29, 1.82) is 0 Å². The second-order valence-electron chi connectivity index (χ2n) is 7.82. The fraction of sp³-hybridized carbons (Fsp3) is 0.478. The maximum atomic E-state index is 10.5. The van der Waals surface area contributed by atoms with Crippen LogP contribution in [0.25, 0.3) is 0 Å². The minimum atomic E-state index is 0.202. The van der Waals surface area contributed by atoms with Gasteiger partial charge in [-0.15, -0.1) is 0 Å². The van der Waals surface area contributed by atoms with Crippen LogP contribution in [0.2, 0.25) is 0 Å². The van der Waals surface area contributed by atoms with Crippen molar-refractivity contribution in [1.82, 2.24) is 0 Å².